The van der Waals surface area contributed by atoms with E-state index in [0.717, 1.165) is 9.37 Å². The van der Waals surface area contributed by atoms with Crippen molar-refractivity contribution in [3.8, 4) is 0 Å². The van der Waals surface area contributed by atoms with Crippen LogP contribution in [0.25, 0.3) is 0 Å². The lowest BCUT2D eigenvalue weighted by molar-refractivity contribution is 0.596. The predicted molar refractivity (Wildman–Crippen MR) is 92.3 cm³/mol. The second-order valence-corrected chi connectivity index (χ2v) is 7.42. The van der Waals surface area contributed by atoms with E-state index in [9.17, 15) is 8.42 Å². The van der Waals surface area contributed by atoms with Crippen molar-refractivity contribution in [2.45, 2.75) is 9.79 Å². The number of hydrogen-bond acceptors (Lipinski definition) is 4. The van der Waals surface area contributed by atoms with Gasteiger partial charge in [-0.1, -0.05) is 15.9 Å². The highest BCUT2D eigenvalue weighted by Crippen LogP contribution is 2.24. The summed E-state index contributed by atoms with van der Waals surface area (Å²) in [6, 6.07) is 11.9. The van der Waals surface area contributed by atoms with Gasteiger partial charge < -0.3 is 11.5 Å². The molecule has 6 N–H and O–H groups in total. The maximum absolute atomic E-state index is 12.5. The fraction of sp³-hybridized carbons (Fsp3) is 0. The fourth-order valence-corrected chi connectivity index (χ4v) is 3.46. The predicted octanol–water partition coefficient (Wildman–Crippen LogP) is 1.88. The Balaban J connectivity index is 2.41. The molecule has 120 valence electrons. The van der Waals surface area contributed by atoms with Crippen molar-refractivity contribution in [1.29, 1.82) is 10.8 Å². The zero-order valence-corrected chi connectivity index (χ0v) is 14.2. The number of benzene rings is 2. The summed E-state index contributed by atoms with van der Waals surface area (Å²) < 4.78 is 25.8. The Labute approximate surface area is 142 Å². The van der Waals surface area contributed by atoms with Crippen LogP contribution >= 0.6 is 15.9 Å². The zero-order chi connectivity index (χ0) is 17.2. The van der Waals surface area contributed by atoms with E-state index in [2.05, 4.69) is 15.9 Å². The molecule has 9 heteroatoms. The molecule has 2 aromatic rings. The lowest BCUT2D eigenvalue weighted by Gasteiger charge is -2.20. The van der Waals surface area contributed by atoms with Crippen LogP contribution in [-0.2, 0) is 9.84 Å². The van der Waals surface area contributed by atoms with E-state index in [4.69, 9.17) is 22.3 Å². The Bertz CT molecular complexity index is 834. The highest BCUT2D eigenvalue weighted by molar-refractivity contribution is 9.10. The van der Waals surface area contributed by atoms with Gasteiger partial charge in [0.15, 0.2) is 11.9 Å². The van der Waals surface area contributed by atoms with Gasteiger partial charge >= 0.3 is 0 Å². The summed E-state index contributed by atoms with van der Waals surface area (Å²) in [7, 11) is -3.65. The first-order valence-electron chi connectivity index (χ1n) is 6.32. The quantitative estimate of drug-likeness (QED) is 0.464. The highest BCUT2D eigenvalue weighted by atomic mass is 79.9. The van der Waals surface area contributed by atoms with E-state index in [1.54, 1.807) is 12.1 Å². The van der Waals surface area contributed by atoms with Gasteiger partial charge in [-0.3, -0.25) is 15.7 Å². The molecular formula is C14H14BrN5O2S. The van der Waals surface area contributed by atoms with E-state index in [0.29, 0.717) is 5.69 Å². The Hall–Kier alpha value is -2.39. The second-order valence-electron chi connectivity index (χ2n) is 4.56. The van der Waals surface area contributed by atoms with Gasteiger partial charge in [-0.15, -0.1) is 0 Å². The van der Waals surface area contributed by atoms with Crippen LogP contribution in [0.4, 0.5) is 5.69 Å². The molecular weight excluding hydrogens is 382 g/mol. The summed E-state index contributed by atoms with van der Waals surface area (Å²) in [5.41, 5.74) is 11.1. The minimum absolute atomic E-state index is 0.0932. The molecule has 0 fully saturated rings. The molecule has 0 heterocycles. The SMILES string of the molecule is N=C(N)N(C(=N)N)c1ccc(S(=O)(=O)c2ccc(Br)cc2)cc1. The van der Waals surface area contributed by atoms with Crippen molar-refractivity contribution < 1.29 is 8.42 Å². The summed E-state index contributed by atoms with van der Waals surface area (Å²) in [6.45, 7) is 0. The van der Waals surface area contributed by atoms with Crippen LogP contribution < -0.4 is 16.4 Å². The molecule has 0 unspecified atom stereocenters. The van der Waals surface area contributed by atoms with E-state index < -0.39 is 21.8 Å². The molecule has 0 saturated carbocycles. The molecule has 7 nitrogen and oxygen atoms in total. The second kappa shape index (κ2) is 6.39. The Morgan fingerprint density at radius 2 is 1.26 bits per heavy atom. The minimum Gasteiger partial charge on any atom is -0.369 e. The van der Waals surface area contributed by atoms with Crippen LogP contribution in [0.1, 0.15) is 0 Å². The van der Waals surface area contributed by atoms with Crippen molar-refractivity contribution in [3.63, 3.8) is 0 Å². The summed E-state index contributed by atoms with van der Waals surface area (Å²) in [4.78, 5) is 1.25. The number of rotatable bonds is 3. The number of hydrogen-bond donors (Lipinski definition) is 4. The number of anilines is 1. The number of sulfone groups is 1. The topological polar surface area (TPSA) is 137 Å². The average Bonchev–Trinajstić information content (AvgIpc) is 2.47. The van der Waals surface area contributed by atoms with Crippen LogP contribution in [-0.4, -0.2) is 20.3 Å². The minimum atomic E-state index is -3.65. The molecule has 0 atom stereocenters. The van der Waals surface area contributed by atoms with E-state index in [-0.39, 0.29) is 9.79 Å². The van der Waals surface area contributed by atoms with Gasteiger partial charge in [0.05, 0.1) is 15.5 Å². The smallest absolute Gasteiger partial charge is 0.206 e. The number of halogens is 1. The maximum atomic E-state index is 12.5. The monoisotopic (exact) mass is 395 g/mol. The standard InChI is InChI=1S/C14H14BrN5O2S/c15-9-1-5-11(6-2-9)23(21,22)12-7-3-10(4-8-12)20(13(16)17)14(18)19/h1-8H,(H3,16,17)(H3,18,19). The molecule has 0 aliphatic carbocycles. The molecule has 23 heavy (non-hydrogen) atoms. The van der Waals surface area contributed by atoms with Crippen molar-refractivity contribution in [1.82, 2.24) is 0 Å². The van der Waals surface area contributed by atoms with Gasteiger partial charge in [0.1, 0.15) is 0 Å². The largest absolute Gasteiger partial charge is 0.369 e. The molecule has 0 aliphatic heterocycles. The molecule has 0 aromatic heterocycles. The Kier molecular flexibility index (Phi) is 4.71. The van der Waals surface area contributed by atoms with Crippen molar-refractivity contribution in [2.24, 2.45) is 11.5 Å². The lowest BCUT2D eigenvalue weighted by Crippen LogP contribution is -2.45. The van der Waals surface area contributed by atoms with E-state index in [1.165, 1.54) is 36.4 Å². The molecule has 0 radical (unpaired) electrons. The molecule has 0 bridgehead atoms. The lowest BCUT2D eigenvalue weighted by atomic mass is 10.3. The first kappa shape index (κ1) is 17.0. The van der Waals surface area contributed by atoms with Gasteiger partial charge in [-0.05, 0) is 48.5 Å². The molecule has 0 saturated heterocycles. The normalized spacial score (nSPS) is 11.0. The van der Waals surface area contributed by atoms with Gasteiger partial charge in [0.2, 0.25) is 9.84 Å². The molecule has 0 amide bonds. The van der Waals surface area contributed by atoms with Gasteiger partial charge in [-0.25, -0.2) is 8.42 Å². The third-order valence-corrected chi connectivity index (χ3v) is 5.33. The highest BCUT2D eigenvalue weighted by Gasteiger charge is 2.19. The number of nitrogens with zero attached hydrogens (tertiary/aromatic N) is 1. The van der Waals surface area contributed by atoms with Crippen LogP contribution in [0.2, 0.25) is 0 Å². The first-order chi connectivity index (χ1) is 10.7. The van der Waals surface area contributed by atoms with Gasteiger partial charge in [0.25, 0.3) is 0 Å². The van der Waals surface area contributed by atoms with Crippen molar-refractivity contribution >= 4 is 43.4 Å². The van der Waals surface area contributed by atoms with Gasteiger partial charge in [-0.2, -0.15) is 0 Å². The molecule has 2 aromatic carbocycles. The average molecular weight is 396 g/mol. The van der Waals surface area contributed by atoms with E-state index in [1.807, 2.05) is 0 Å². The zero-order valence-electron chi connectivity index (χ0n) is 11.8. The molecule has 2 rings (SSSR count). The molecule has 0 aliphatic rings. The maximum Gasteiger partial charge on any atom is 0.206 e. The summed E-state index contributed by atoms with van der Waals surface area (Å²) in [5.74, 6) is -0.859. The summed E-state index contributed by atoms with van der Waals surface area (Å²) in [6.07, 6.45) is 0. The first-order valence-corrected chi connectivity index (χ1v) is 8.60. The van der Waals surface area contributed by atoms with Crippen LogP contribution in [0.15, 0.2) is 62.8 Å². The van der Waals surface area contributed by atoms with Crippen LogP contribution in [0, 0.1) is 10.8 Å². The Morgan fingerprint density at radius 1 is 0.870 bits per heavy atom. The third kappa shape index (κ3) is 3.51. The van der Waals surface area contributed by atoms with Gasteiger partial charge in [0, 0.05) is 4.47 Å². The Morgan fingerprint density at radius 3 is 1.65 bits per heavy atom. The van der Waals surface area contributed by atoms with Crippen LogP contribution in [0.5, 0.6) is 0 Å². The molecule has 0 spiro atoms. The van der Waals surface area contributed by atoms with Crippen LogP contribution in [0.3, 0.4) is 0 Å². The third-order valence-electron chi connectivity index (χ3n) is 3.01. The summed E-state index contributed by atoms with van der Waals surface area (Å²) >= 11 is 3.26. The number of nitrogens with two attached hydrogens (primary N) is 2. The fourth-order valence-electron chi connectivity index (χ4n) is 1.93. The number of guanidine groups is 2. The van der Waals surface area contributed by atoms with E-state index >= 15 is 0 Å². The van der Waals surface area contributed by atoms with Crippen molar-refractivity contribution in [2.75, 3.05) is 4.90 Å². The summed E-state index contributed by atoms with van der Waals surface area (Å²) in [5, 5.41) is 14.8. The number of nitrogens with one attached hydrogen (secondary N) is 2. The van der Waals surface area contributed by atoms with Crippen molar-refractivity contribution in [3.05, 3.63) is 53.0 Å².